The van der Waals surface area contributed by atoms with Gasteiger partial charge in [0.25, 0.3) is 0 Å². The van der Waals surface area contributed by atoms with E-state index in [-0.39, 0.29) is 5.41 Å². The first kappa shape index (κ1) is 11.6. The summed E-state index contributed by atoms with van der Waals surface area (Å²) in [6, 6.07) is 11.6. The highest BCUT2D eigenvalue weighted by atomic mass is 32.1. The number of thiazole rings is 1. The smallest absolute Gasteiger partial charge is 0.103 e. The maximum Gasteiger partial charge on any atom is 0.103 e. The van der Waals surface area contributed by atoms with Crippen molar-refractivity contribution in [1.82, 2.24) is 10.3 Å². The van der Waals surface area contributed by atoms with E-state index in [4.69, 9.17) is 4.98 Å². The molecule has 2 saturated carbocycles. The molecule has 0 bridgehead atoms. The van der Waals surface area contributed by atoms with Crippen LogP contribution in [0.15, 0.2) is 36.5 Å². The molecular formula is C16H18N2S. The van der Waals surface area contributed by atoms with Gasteiger partial charge in [-0.3, -0.25) is 0 Å². The van der Waals surface area contributed by atoms with Gasteiger partial charge in [0.2, 0.25) is 0 Å². The van der Waals surface area contributed by atoms with Crippen molar-refractivity contribution in [3.63, 3.8) is 0 Å². The van der Waals surface area contributed by atoms with Gasteiger partial charge in [0.1, 0.15) is 5.01 Å². The standard InChI is InChI=1S/C16H18N2S/c1-2-4-12(5-3-1)16(8-9-16)15-18-11-14(19-15)10-17-13-6-7-13/h1-5,11,13,17H,6-10H2. The van der Waals surface area contributed by atoms with E-state index in [2.05, 4.69) is 41.8 Å². The lowest BCUT2D eigenvalue weighted by atomic mass is 9.97. The summed E-state index contributed by atoms with van der Waals surface area (Å²) in [7, 11) is 0. The summed E-state index contributed by atoms with van der Waals surface area (Å²) in [6.45, 7) is 0.993. The van der Waals surface area contributed by atoms with Crippen molar-refractivity contribution in [3.05, 3.63) is 52.0 Å². The van der Waals surface area contributed by atoms with Crippen molar-refractivity contribution in [2.24, 2.45) is 0 Å². The minimum Gasteiger partial charge on any atom is -0.309 e. The van der Waals surface area contributed by atoms with Crippen LogP contribution >= 0.6 is 11.3 Å². The largest absolute Gasteiger partial charge is 0.309 e. The molecule has 0 amide bonds. The van der Waals surface area contributed by atoms with E-state index in [0.29, 0.717) is 0 Å². The van der Waals surface area contributed by atoms with Crippen LogP contribution in [-0.2, 0) is 12.0 Å². The summed E-state index contributed by atoms with van der Waals surface area (Å²) in [6.07, 6.45) is 7.26. The number of hydrogen-bond acceptors (Lipinski definition) is 3. The predicted molar refractivity (Wildman–Crippen MR) is 78.4 cm³/mol. The maximum atomic E-state index is 4.70. The molecule has 98 valence electrons. The number of rotatable bonds is 5. The van der Waals surface area contributed by atoms with Gasteiger partial charge in [-0.05, 0) is 31.2 Å². The van der Waals surface area contributed by atoms with Crippen LogP contribution in [-0.4, -0.2) is 11.0 Å². The summed E-state index contributed by atoms with van der Waals surface area (Å²) < 4.78 is 0. The van der Waals surface area contributed by atoms with Crippen LogP contribution in [0.5, 0.6) is 0 Å². The Kier molecular flexibility index (Phi) is 2.71. The van der Waals surface area contributed by atoms with Gasteiger partial charge < -0.3 is 5.32 Å². The van der Waals surface area contributed by atoms with Gasteiger partial charge in [-0.15, -0.1) is 11.3 Å². The molecule has 1 aromatic carbocycles. The third-order valence-corrected chi connectivity index (χ3v) is 5.38. The first-order chi connectivity index (χ1) is 9.37. The summed E-state index contributed by atoms with van der Waals surface area (Å²) in [5, 5.41) is 4.88. The summed E-state index contributed by atoms with van der Waals surface area (Å²) >= 11 is 1.89. The Morgan fingerprint density at radius 2 is 2.00 bits per heavy atom. The Morgan fingerprint density at radius 3 is 2.68 bits per heavy atom. The monoisotopic (exact) mass is 270 g/mol. The molecule has 2 nitrogen and oxygen atoms in total. The van der Waals surface area contributed by atoms with Crippen molar-refractivity contribution >= 4 is 11.3 Å². The van der Waals surface area contributed by atoms with Gasteiger partial charge in [0.05, 0.1) is 0 Å². The van der Waals surface area contributed by atoms with Crippen LogP contribution in [0.3, 0.4) is 0 Å². The van der Waals surface area contributed by atoms with E-state index in [9.17, 15) is 0 Å². The third kappa shape index (κ3) is 2.21. The van der Waals surface area contributed by atoms with E-state index in [0.717, 1.165) is 12.6 Å². The van der Waals surface area contributed by atoms with Crippen LogP contribution in [0, 0.1) is 0 Å². The second-order valence-electron chi connectivity index (χ2n) is 5.74. The molecule has 4 rings (SSSR count). The van der Waals surface area contributed by atoms with Crippen molar-refractivity contribution in [3.8, 4) is 0 Å². The Labute approximate surface area is 117 Å². The SMILES string of the molecule is c1ccc(C2(c3ncc(CNC4CC4)s3)CC2)cc1. The fraction of sp³-hybridized carbons (Fsp3) is 0.438. The Hall–Kier alpha value is -1.19. The second-order valence-corrected chi connectivity index (χ2v) is 6.85. The van der Waals surface area contributed by atoms with Gasteiger partial charge in [0.15, 0.2) is 0 Å². The zero-order valence-corrected chi connectivity index (χ0v) is 11.7. The topological polar surface area (TPSA) is 24.9 Å². The molecular weight excluding hydrogens is 252 g/mol. The molecule has 2 aliphatic rings. The van der Waals surface area contributed by atoms with Crippen LogP contribution in [0.2, 0.25) is 0 Å². The average Bonchev–Trinajstić information content (AvgIpc) is 3.38. The fourth-order valence-electron chi connectivity index (χ4n) is 2.65. The highest BCUT2D eigenvalue weighted by Crippen LogP contribution is 2.54. The van der Waals surface area contributed by atoms with Crippen LogP contribution in [0.4, 0.5) is 0 Å². The molecule has 1 N–H and O–H groups in total. The summed E-state index contributed by atoms with van der Waals surface area (Å²) in [5.74, 6) is 0. The number of benzene rings is 1. The lowest BCUT2D eigenvalue weighted by molar-refractivity contribution is 0.694. The van der Waals surface area contributed by atoms with Crippen molar-refractivity contribution in [2.75, 3.05) is 0 Å². The third-order valence-electron chi connectivity index (χ3n) is 4.18. The molecule has 0 saturated heterocycles. The molecule has 2 aromatic rings. The molecule has 0 unspecified atom stereocenters. The summed E-state index contributed by atoms with van der Waals surface area (Å²) in [4.78, 5) is 6.08. The zero-order chi connectivity index (χ0) is 12.7. The first-order valence-corrected chi connectivity index (χ1v) is 7.93. The molecule has 1 aromatic heterocycles. The van der Waals surface area contributed by atoms with Gasteiger partial charge >= 0.3 is 0 Å². The molecule has 0 radical (unpaired) electrons. The lowest BCUT2D eigenvalue weighted by Gasteiger charge is -2.12. The van der Waals surface area contributed by atoms with Crippen LogP contribution < -0.4 is 5.32 Å². The van der Waals surface area contributed by atoms with Crippen molar-refractivity contribution < 1.29 is 0 Å². The number of nitrogens with one attached hydrogen (secondary N) is 1. The minimum atomic E-state index is 0.240. The Morgan fingerprint density at radius 1 is 1.21 bits per heavy atom. The maximum absolute atomic E-state index is 4.70. The number of nitrogens with zero attached hydrogens (tertiary/aromatic N) is 1. The van der Waals surface area contributed by atoms with Gasteiger partial charge in [-0.1, -0.05) is 30.3 Å². The van der Waals surface area contributed by atoms with Crippen LogP contribution in [0.1, 0.15) is 41.1 Å². The predicted octanol–water partition coefficient (Wildman–Crippen LogP) is 3.48. The number of hydrogen-bond donors (Lipinski definition) is 1. The summed E-state index contributed by atoms with van der Waals surface area (Å²) in [5.41, 5.74) is 1.68. The zero-order valence-electron chi connectivity index (χ0n) is 10.9. The molecule has 2 aliphatic carbocycles. The Balaban J connectivity index is 1.55. The first-order valence-electron chi connectivity index (χ1n) is 7.11. The average molecular weight is 270 g/mol. The quantitative estimate of drug-likeness (QED) is 0.900. The van der Waals surface area contributed by atoms with Gasteiger partial charge in [-0.2, -0.15) is 0 Å². The molecule has 0 spiro atoms. The molecule has 1 heterocycles. The second kappa shape index (κ2) is 4.43. The van der Waals surface area contributed by atoms with E-state index in [1.807, 2.05) is 11.3 Å². The highest BCUT2D eigenvalue weighted by molar-refractivity contribution is 7.11. The van der Waals surface area contributed by atoms with E-state index in [1.54, 1.807) is 0 Å². The minimum absolute atomic E-state index is 0.240. The lowest BCUT2D eigenvalue weighted by Crippen LogP contribution is -2.14. The van der Waals surface area contributed by atoms with Crippen molar-refractivity contribution in [2.45, 2.75) is 43.7 Å². The van der Waals surface area contributed by atoms with E-state index < -0.39 is 0 Å². The van der Waals surface area contributed by atoms with E-state index in [1.165, 1.54) is 41.1 Å². The van der Waals surface area contributed by atoms with Gasteiger partial charge in [0, 0.05) is 29.1 Å². The molecule has 19 heavy (non-hydrogen) atoms. The van der Waals surface area contributed by atoms with Gasteiger partial charge in [-0.25, -0.2) is 4.98 Å². The van der Waals surface area contributed by atoms with Crippen LogP contribution in [0.25, 0.3) is 0 Å². The normalized spacial score (nSPS) is 20.4. The molecule has 0 aliphatic heterocycles. The fourth-order valence-corrected chi connectivity index (χ4v) is 3.78. The molecule has 3 heteroatoms. The Bertz CT molecular complexity index is 567. The van der Waals surface area contributed by atoms with E-state index >= 15 is 0 Å². The van der Waals surface area contributed by atoms with Crippen molar-refractivity contribution in [1.29, 1.82) is 0 Å². The highest BCUT2D eigenvalue weighted by Gasteiger charge is 2.48. The number of aromatic nitrogens is 1. The molecule has 0 atom stereocenters. The molecule has 2 fully saturated rings.